The fourth-order valence-electron chi connectivity index (χ4n) is 7.19. The topological polar surface area (TPSA) is 0 Å². The molecule has 0 heterocycles. The molecule has 0 fully saturated rings. The van der Waals surface area contributed by atoms with Crippen LogP contribution in [0.15, 0.2) is 146 Å². The number of fused-ring (bicyclic) bond motifs is 5. The van der Waals surface area contributed by atoms with Crippen LogP contribution in [0.3, 0.4) is 0 Å². The lowest BCUT2D eigenvalue weighted by Gasteiger charge is -2.22. The maximum Gasteiger partial charge on any atom is -0.00137 e. The van der Waals surface area contributed by atoms with E-state index in [-0.39, 0.29) is 0 Å². The summed E-state index contributed by atoms with van der Waals surface area (Å²) in [7, 11) is 0. The Morgan fingerprint density at radius 1 is 0.250 bits per heavy atom. The van der Waals surface area contributed by atoms with Gasteiger partial charge in [-0.2, -0.15) is 0 Å². The average Bonchev–Trinajstić information content (AvgIpc) is 3.03. The summed E-state index contributed by atoms with van der Waals surface area (Å²) in [5.41, 5.74) is 5.13. The van der Waals surface area contributed by atoms with Crippen molar-refractivity contribution >= 4 is 64.6 Å². The van der Waals surface area contributed by atoms with Gasteiger partial charge < -0.3 is 0 Å². The van der Waals surface area contributed by atoms with Gasteiger partial charge in [-0.25, -0.2) is 0 Å². The van der Waals surface area contributed by atoms with E-state index in [1.54, 1.807) is 0 Å². The summed E-state index contributed by atoms with van der Waals surface area (Å²) in [6.07, 6.45) is 0. The zero-order valence-corrected chi connectivity index (χ0v) is 21.9. The zero-order chi connectivity index (χ0) is 26.2. The molecule has 0 saturated carbocycles. The van der Waals surface area contributed by atoms with E-state index in [0.717, 1.165) is 0 Å². The molecular formula is C40H24. The van der Waals surface area contributed by atoms with E-state index in [1.807, 2.05) is 0 Å². The lowest BCUT2D eigenvalue weighted by atomic mass is 9.81. The fourth-order valence-corrected chi connectivity index (χ4v) is 7.19. The Morgan fingerprint density at radius 2 is 0.775 bits per heavy atom. The maximum absolute atomic E-state index is 2.35. The highest BCUT2D eigenvalue weighted by molar-refractivity contribution is 6.40. The van der Waals surface area contributed by atoms with Crippen molar-refractivity contribution in [2.24, 2.45) is 0 Å². The average molecular weight is 505 g/mol. The molecule has 0 unspecified atom stereocenters. The lowest BCUT2D eigenvalue weighted by molar-refractivity contribution is 1.64. The van der Waals surface area contributed by atoms with Gasteiger partial charge >= 0.3 is 0 Å². The second-order valence-electron chi connectivity index (χ2n) is 10.8. The van der Waals surface area contributed by atoms with E-state index in [9.17, 15) is 0 Å². The van der Waals surface area contributed by atoms with Crippen LogP contribution >= 0.6 is 0 Å². The Hall–Kier alpha value is -5.20. The third-order valence-electron chi connectivity index (χ3n) is 8.77. The summed E-state index contributed by atoms with van der Waals surface area (Å²) in [4.78, 5) is 0. The van der Waals surface area contributed by atoms with Crippen LogP contribution in [-0.2, 0) is 0 Å². The Kier molecular flexibility index (Phi) is 4.42. The van der Waals surface area contributed by atoms with E-state index in [0.29, 0.717) is 0 Å². The normalized spacial score (nSPS) is 12.0. The maximum atomic E-state index is 2.35. The molecular weight excluding hydrogens is 480 g/mol. The van der Waals surface area contributed by atoms with Crippen molar-refractivity contribution in [3.05, 3.63) is 146 Å². The minimum absolute atomic E-state index is 1.24. The number of rotatable bonds is 2. The highest BCUT2D eigenvalue weighted by atomic mass is 14.2. The first kappa shape index (κ1) is 21.7. The lowest BCUT2D eigenvalue weighted by Crippen LogP contribution is -1.94. The van der Waals surface area contributed by atoms with E-state index in [1.165, 1.54) is 86.9 Å². The monoisotopic (exact) mass is 504 g/mol. The molecule has 0 N–H and O–H groups in total. The Bertz CT molecular complexity index is 2410. The zero-order valence-electron chi connectivity index (χ0n) is 21.9. The summed E-state index contributed by atoms with van der Waals surface area (Å²) >= 11 is 0. The molecule has 0 aliphatic rings. The molecule has 0 spiro atoms. The van der Waals surface area contributed by atoms with Gasteiger partial charge in [0.2, 0.25) is 0 Å². The predicted octanol–water partition coefficient (Wildman–Crippen LogP) is 11.4. The quantitative estimate of drug-likeness (QED) is 0.162. The minimum Gasteiger partial charge on any atom is -0.0622 e. The first-order valence-electron chi connectivity index (χ1n) is 14.0. The summed E-state index contributed by atoms with van der Waals surface area (Å²) in [5, 5.41) is 15.8. The molecule has 9 aromatic rings. The fraction of sp³-hybridized carbons (Fsp3) is 0. The van der Waals surface area contributed by atoms with E-state index in [4.69, 9.17) is 0 Å². The molecule has 40 heavy (non-hydrogen) atoms. The van der Waals surface area contributed by atoms with Crippen LogP contribution in [0.25, 0.3) is 86.9 Å². The van der Waals surface area contributed by atoms with Gasteiger partial charge in [0.15, 0.2) is 0 Å². The van der Waals surface area contributed by atoms with Crippen molar-refractivity contribution in [3.63, 3.8) is 0 Å². The van der Waals surface area contributed by atoms with Gasteiger partial charge in [0.25, 0.3) is 0 Å². The third-order valence-corrected chi connectivity index (χ3v) is 8.77. The van der Waals surface area contributed by atoms with E-state index < -0.39 is 0 Å². The standard InChI is InChI=1S/C40H24/c1-2-12-26(13-3-1)36-28-16-5-4-11-25(28)23-24-35(36)38-30-17-6-7-18-31(30)39-33-21-9-15-27-14-8-19-29(37(27)33)32-20-10-22-34(38)40(32)39/h1-24H. The van der Waals surface area contributed by atoms with Gasteiger partial charge in [0.1, 0.15) is 0 Å². The molecule has 0 aromatic heterocycles. The first-order chi connectivity index (χ1) is 19.9. The van der Waals surface area contributed by atoms with Crippen LogP contribution in [-0.4, -0.2) is 0 Å². The molecule has 9 aromatic carbocycles. The largest absolute Gasteiger partial charge is 0.0622 e. The van der Waals surface area contributed by atoms with Crippen molar-refractivity contribution in [1.29, 1.82) is 0 Å². The Morgan fingerprint density at radius 3 is 1.60 bits per heavy atom. The highest BCUT2D eigenvalue weighted by Gasteiger charge is 2.21. The van der Waals surface area contributed by atoms with Crippen molar-refractivity contribution < 1.29 is 0 Å². The van der Waals surface area contributed by atoms with Crippen LogP contribution in [0, 0.1) is 0 Å². The molecule has 0 radical (unpaired) electrons. The van der Waals surface area contributed by atoms with Crippen molar-refractivity contribution in [1.82, 2.24) is 0 Å². The van der Waals surface area contributed by atoms with Crippen molar-refractivity contribution in [2.75, 3.05) is 0 Å². The molecule has 0 aliphatic carbocycles. The molecule has 0 heteroatoms. The minimum atomic E-state index is 1.24. The van der Waals surface area contributed by atoms with Crippen molar-refractivity contribution in [2.45, 2.75) is 0 Å². The molecule has 184 valence electrons. The van der Waals surface area contributed by atoms with Crippen LogP contribution in [0.5, 0.6) is 0 Å². The summed E-state index contributed by atoms with van der Waals surface area (Å²) in [6, 6.07) is 53.7. The number of hydrogen-bond acceptors (Lipinski definition) is 0. The second-order valence-corrected chi connectivity index (χ2v) is 10.8. The van der Waals surface area contributed by atoms with Gasteiger partial charge in [0.05, 0.1) is 0 Å². The number of benzene rings is 9. The molecule has 0 nitrogen and oxygen atoms in total. The van der Waals surface area contributed by atoms with Crippen molar-refractivity contribution in [3.8, 4) is 22.3 Å². The molecule has 9 rings (SSSR count). The SMILES string of the molecule is c1ccc(-c2c(-c3c4ccccc4c4c5cccc6cccc(c7cccc3c74)c65)ccc3ccccc23)cc1. The molecule has 0 bridgehead atoms. The summed E-state index contributed by atoms with van der Waals surface area (Å²) in [6.45, 7) is 0. The van der Waals surface area contributed by atoms with Gasteiger partial charge in [-0.1, -0.05) is 146 Å². The van der Waals surface area contributed by atoms with Gasteiger partial charge in [-0.3, -0.25) is 0 Å². The van der Waals surface area contributed by atoms with Crippen LogP contribution in [0.1, 0.15) is 0 Å². The van der Waals surface area contributed by atoms with Gasteiger partial charge in [0, 0.05) is 0 Å². The predicted molar refractivity (Wildman–Crippen MR) is 174 cm³/mol. The van der Waals surface area contributed by atoms with E-state index >= 15 is 0 Å². The smallest absolute Gasteiger partial charge is 0.00137 e. The molecule has 0 saturated heterocycles. The third kappa shape index (κ3) is 2.85. The highest BCUT2D eigenvalue weighted by Crippen LogP contribution is 2.50. The summed E-state index contributed by atoms with van der Waals surface area (Å²) < 4.78 is 0. The van der Waals surface area contributed by atoms with Gasteiger partial charge in [-0.15, -0.1) is 0 Å². The summed E-state index contributed by atoms with van der Waals surface area (Å²) in [5.74, 6) is 0. The van der Waals surface area contributed by atoms with Gasteiger partial charge in [-0.05, 0) is 86.9 Å². The molecule has 0 aliphatic heterocycles. The Labute approximate surface area is 232 Å². The molecule has 0 amide bonds. The van der Waals surface area contributed by atoms with Crippen LogP contribution in [0.2, 0.25) is 0 Å². The first-order valence-corrected chi connectivity index (χ1v) is 14.0. The molecule has 0 atom stereocenters. The van der Waals surface area contributed by atoms with Crippen LogP contribution in [0.4, 0.5) is 0 Å². The van der Waals surface area contributed by atoms with Crippen LogP contribution < -0.4 is 0 Å². The second kappa shape index (κ2) is 8.15. The Balaban J connectivity index is 1.57. The van der Waals surface area contributed by atoms with E-state index in [2.05, 4.69) is 146 Å². The number of hydrogen-bond donors (Lipinski definition) is 0.